The van der Waals surface area contributed by atoms with E-state index in [4.69, 9.17) is 11.6 Å². The van der Waals surface area contributed by atoms with Crippen LogP contribution < -0.4 is 10.6 Å². The van der Waals surface area contributed by atoms with E-state index in [2.05, 4.69) is 28.8 Å². The van der Waals surface area contributed by atoms with E-state index in [-0.39, 0.29) is 30.9 Å². The van der Waals surface area contributed by atoms with Crippen molar-refractivity contribution in [1.29, 1.82) is 0 Å². The fourth-order valence-electron chi connectivity index (χ4n) is 3.69. The van der Waals surface area contributed by atoms with Crippen molar-refractivity contribution >= 4 is 29.1 Å². The first kappa shape index (κ1) is 21.3. The number of fused-ring (bicyclic) bond motifs is 1. The molecule has 0 radical (unpaired) electrons. The molecule has 0 bridgehead atoms. The van der Waals surface area contributed by atoms with Crippen LogP contribution in [0.5, 0.6) is 0 Å². The molecule has 0 aliphatic heterocycles. The number of anilines is 1. The standard InChI is InChI=1S/C23H28ClN3O2/c1-16(18-12-11-17-7-3-4-8-19(17)13-18)25-22(28)14-27(2)15-23(29)26-21-10-6-5-9-20(21)24/h5-6,9-13,16H,3-4,7-8,14-15H2,1-2H3,(H,25,28)(H,26,29)/t16-/m1/s1. The first-order valence-electron chi connectivity index (χ1n) is 10.1. The van der Waals surface area contributed by atoms with Gasteiger partial charge in [-0.15, -0.1) is 0 Å². The minimum absolute atomic E-state index is 0.0694. The minimum Gasteiger partial charge on any atom is -0.348 e. The Bertz CT molecular complexity index is 884. The predicted octanol–water partition coefficient (Wildman–Crippen LogP) is 3.97. The van der Waals surface area contributed by atoms with Gasteiger partial charge in [-0.3, -0.25) is 14.5 Å². The van der Waals surface area contributed by atoms with Crippen LogP contribution in [0.25, 0.3) is 0 Å². The highest BCUT2D eigenvalue weighted by Crippen LogP contribution is 2.24. The largest absolute Gasteiger partial charge is 0.348 e. The Kier molecular flexibility index (Phi) is 7.29. The number of likely N-dealkylation sites (N-methyl/N-ethyl adjacent to an activating group) is 1. The van der Waals surface area contributed by atoms with Crippen LogP contribution in [0.15, 0.2) is 42.5 Å². The highest BCUT2D eigenvalue weighted by atomic mass is 35.5. The predicted molar refractivity (Wildman–Crippen MR) is 117 cm³/mol. The van der Waals surface area contributed by atoms with Gasteiger partial charge in [0.2, 0.25) is 11.8 Å². The number of para-hydroxylation sites is 1. The van der Waals surface area contributed by atoms with Crippen LogP contribution in [0.1, 0.15) is 42.5 Å². The molecular weight excluding hydrogens is 386 g/mol. The first-order chi connectivity index (χ1) is 13.9. The maximum atomic E-state index is 12.4. The van der Waals surface area contributed by atoms with Crippen LogP contribution in [0, 0.1) is 0 Å². The zero-order valence-corrected chi connectivity index (χ0v) is 17.8. The molecule has 0 saturated carbocycles. The summed E-state index contributed by atoms with van der Waals surface area (Å²) in [6, 6.07) is 13.5. The summed E-state index contributed by atoms with van der Waals surface area (Å²) < 4.78 is 0. The van der Waals surface area contributed by atoms with Crippen LogP contribution in [-0.2, 0) is 22.4 Å². The SMILES string of the molecule is C[C@@H](NC(=O)CN(C)CC(=O)Nc1ccccc1Cl)c1ccc2c(c1)CCCC2. The molecular formula is C23H28ClN3O2. The summed E-state index contributed by atoms with van der Waals surface area (Å²) in [4.78, 5) is 26.3. The van der Waals surface area contributed by atoms with Gasteiger partial charge in [0.05, 0.1) is 29.8 Å². The quantitative estimate of drug-likeness (QED) is 0.722. The molecule has 1 aliphatic rings. The van der Waals surface area contributed by atoms with Gasteiger partial charge in [0.15, 0.2) is 0 Å². The smallest absolute Gasteiger partial charge is 0.238 e. The van der Waals surface area contributed by atoms with Gasteiger partial charge in [-0.25, -0.2) is 0 Å². The average Bonchev–Trinajstić information content (AvgIpc) is 2.69. The zero-order chi connectivity index (χ0) is 20.8. The second-order valence-corrected chi connectivity index (χ2v) is 8.13. The second kappa shape index (κ2) is 9.90. The maximum absolute atomic E-state index is 12.4. The zero-order valence-electron chi connectivity index (χ0n) is 17.0. The van der Waals surface area contributed by atoms with Crippen molar-refractivity contribution in [3.63, 3.8) is 0 Å². The Labute approximate surface area is 177 Å². The number of nitrogens with one attached hydrogen (secondary N) is 2. The molecule has 5 nitrogen and oxygen atoms in total. The number of rotatable bonds is 7. The van der Waals surface area contributed by atoms with Gasteiger partial charge in [0.1, 0.15) is 0 Å². The summed E-state index contributed by atoms with van der Waals surface area (Å²) in [5.74, 6) is -0.320. The average molecular weight is 414 g/mol. The van der Waals surface area contributed by atoms with Crippen molar-refractivity contribution in [2.45, 2.75) is 38.6 Å². The van der Waals surface area contributed by atoms with Crippen molar-refractivity contribution in [2.75, 3.05) is 25.5 Å². The Hall–Kier alpha value is -2.37. The molecule has 0 aromatic heterocycles. The summed E-state index contributed by atoms with van der Waals surface area (Å²) in [6.07, 6.45) is 4.76. The molecule has 29 heavy (non-hydrogen) atoms. The number of amides is 2. The third-order valence-electron chi connectivity index (χ3n) is 5.23. The fourth-order valence-corrected chi connectivity index (χ4v) is 3.87. The monoisotopic (exact) mass is 413 g/mol. The molecule has 0 unspecified atom stereocenters. The molecule has 1 aliphatic carbocycles. The summed E-state index contributed by atoms with van der Waals surface area (Å²) in [5.41, 5.74) is 4.53. The Morgan fingerprint density at radius 1 is 1.03 bits per heavy atom. The van der Waals surface area contributed by atoms with Crippen LogP contribution in [-0.4, -0.2) is 36.9 Å². The first-order valence-corrected chi connectivity index (χ1v) is 10.4. The van der Waals surface area contributed by atoms with E-state index >= 15 is 0 Å². The lowest BCUT2D eigenvalue weighted by Crippen LogP contribution is -2.39. The molecule has 2 amide bonds. The van der Waals surface area contributed by atoms with Gasteiger partial charge in [0.25, 0.3) is 0 Å². The van der Waals surface area contributed by atoms with Crippen molar-refractivity contribution in [3.05, 3.63) is 64.2 Å². The number of halogens is 1. The number of aryl methyl sites for hydroxylation is 2. The van der Waals surface area contributed by atoms with E-state index in [9.17, 15) is 9.59 Å². The molecule has 2 aromatic rings. The van der Waals surface area contributed by atoms with Crippen LogP contribution in [0.2, 0.25) is 5.02 Å². The van der Waals surface area contributed by atoms with Crippen molar-refractivity contribution in [3.8, 4) is 0 Å². The molecule has 0 spiro atoms. The lowest BCUT2D eigenvalue weighted by molar-refractivity contribution is -0.123. The van der Waals surface area contributed by atoms with Gasteiger partial charge >= 0.3 is 0 Å². The van der Waals surface area contributed by atoms with E-state index in [1.807, 2.05) is 6.92 Å². The van der Waals surface area contributed by atoms with E-state index in [0.717, 1.165) is 18.4 Å². The maximum Gasteiger partial charge on any atom is 0.238 e. The highest BCUT2D eigenvalue weighted by Gasteiger charge is 2.16. The van der Waals surface area contributed by atoms with E-state index in [1.54, 1.807) is 36.2 Å². The summed E-state index contributed by atoms with van der Waals surface area (Å²) in [5, 5.41) is 6.28. The van der Waals surface area contributed by atoms with Crippen LogP contribution in [0.4, 0.5) is 5.69 Å². The summed E-state index contributed by atoms with van der Waals surface area (Å²) >= 11 is 6.06. The third kappa shape index (κ3) is 6.05. The van der Waals surface area contributed by atoms with Gasteiger partial charge in [-0.2, -0.15) is 0 Å². The molecule has 154 valence electrons. The number of hydrogen-bond acceptors (Lipinski definition) is 3. The minimum atomic E-state index is -0.212. The van der Waals surface area contributed by atoms with Crippen molar-refractivity contribution < 1.29 is 9.59 Å². The number of carbonyl (C=O) groups is 2. The number of hydrogen-bond donors (Lipinski definition) is 2. The van der Waals surface area contributed by atoms with Gasteiger partial charge in [-0.1, -0.05) is 41.9 Å². The number of benzene rings is 2. The second-order valence-electron chi connectivity index (χ2n) is 7.72. The molecule has 0 heterocycles. The van der Waals surface area contributed by atoms with Crippen LogP contribution >= 0.6 is 11.6 Å². The van der Waals surface area contributed by atoms with Crippen molar-refractivity contribution in [1.82, 2.24) is 10.2 Å². The lowest BCUT2D eigenvalue weighted by Gasteiger charge is -2.21. The number of nitrogens with zero attached hydrogens (tertiary/aromatic N) is 1. The Balaban J connectivity index is 1.48. The molecule has 2 N–H and O–H groups in total. The number of carbonyl (C=O) groups excluding carboxylic acids is 2. The van der Waals surface area contributed by atoms with Crippen LogP contribution in [0.3, 0.4) is 0 Å². The van der Waals surface area contributed by atoms with Gasteiger partial charge < -0.3 is 10.6 Å². The molecule has 2 aromatic carbocycles. The molecule has 0 fully saturated rings. The third-order valence-corrected chi connectivity index (χ3v) is 5.55. The topological polar surface area (TPSA) is 61.4 Å². The summed E-state index contributed by atoms with van der Waals surface area (Å²) in [7, 11) is 1.75. The Morgan fingerprint density at radius 3 is 2.48 bits per heavy atom. The fraction of sp³-hybridized carbons (Fsp3) is 0.391. The highest BCUT2D eigenvalue weighted by molar-refractivity contribution is 6.33. The van der Waals surface area contributed by atoms with Gasteiger partial charge in [-0.05, 0) is 68.5 Å². The van der Waals surface area contributed by atoms with Crippen molar-refractivity contribution in [2.24, 2.45) is 0 Å². The molecule has 0 saturated heterocycles. The van der Waals surface area contributed by atoms with E-state index < -0.39 is 0 Å². The van der Waals surface area contributed by atoms with Gasteiger partial charge in [0, 0.05) is 0 Å². The molecule has 1 atom stereocenters. The molecule has 6 heteroatoms. The lowest BCUT2D eigenvalue weighted by atomic mass is 9.89. The van der Waals surface area contributed by atoms with E-state index in [0.29, 0.717) is 10.7 Å². The van der Waals surface area contributed by atoms with E-state index in [1.165, 1.54) is 24.0 Å². The Morgan fingerprint density at radius 2 is 1.72 bits per heavy atom. The molecule has 3 rings (SSSR count). The summed E-state index contributed by atoms with van der Waals surface area (Å²) in [6.45, 7) is 2.24. The normalized spacial score (nSPS) is 14.2.